The van der Waals surface area contributed by atoms with Crippen molar-refractivity contribution in [2.45, 2.75) is 19.6 Å². The molecular formula is C24H16OS2. The summed E-state index contributed by atoms with van der Waals surface area (Å²) in [6, 6.07) is 33.6. The smallest absolute Gasteiger partial charge is 0.149 e. The van der Waals surface area contributed by atoms with E-state index in [0.29, 0.717) is 0 Å². The number of hydrogen-bond acceptors (Lipinski definition) is 3. The molecule has 4 aromatic carbocycles. The average Bonchev–Trinajstić information content (AvgIpc) is 3.11. The summed E-state index contributed by atoms with van der Waals surface area (Å²) in [6.45, 7) is 0. The lowest BCUT2D eigenvalue weighted by Crippen LogP contribution is -1.74. The van der Waals surface area contributed by atoms with Crippen LogP contribution in [0.4, 0.5) is 0 Å². The first-order valence-electron chi connectivity index (χ1n) is 8.78. The maximum absolute atomic E-state index is 6.42. The van der Waals surface area contributed by atoms with E-state index in [1.165, 1.54) is 20.6 Å². The van der Waals surface area contributed by atoms with Gasteiger partial charge in [0, 0.05) is 20.6 Å². The topological polar surface area (TPSA) is 13.1 Å². The van der Waals surface area contributed by atoms with Gasteiger partial charge in [0.05, 0.1) is 9.79 Å². The van der Waals surface area contributed by atoms with E-state index < -0.39 is 0 Å². The molecule has 0 atom stereocenters. The fourth-order valence-corrected chi connectivity index (χ4v) is 5.04. The Bertz CT molecular complexity index is 1120. The van der Waals surface area contributed by atoms with E-state index in [1.807, 2.05) is 12.1 Å². The van der Waals surface area contributed by atoms with E-state index in [-0.39, 0.29) is 0 Å². The van der Waals surface area contributed by atoms with Gasteiger partial charge in [-0.3, -0.25) is 0 Å². The highest BCUT2D eigenvalue weighted by molar-refractivity contribution is 7.99. The molecule has 0 amide bonds. The third-order valence-electron chi connectivity index (χ3n) is 4.39. The molecule has 5 rings (SSSR count). The minimum absolute atomic E-state index is 0.961. The molecule has 1 nitrogen and oxygen atoms in total. The van der Waals surface area contributed by atoms with Gasteiger partial charge in [0.25, 0.3) is 0 Å². The molecule has 27 heavy (non-hydrogen) atoms. The summed E-state index contributed by atoms with van der Waals surface area (Å²) in [5, 5.41) is 2.34. The Morgan fingerprint density at radius 3 is 1.33 bits per heavy atom. The Morgan fingerprint density at radius 1 is 0.444 bits per heavy atom. The fraction of sp³-hybridized carbons (Fsp3) is 0. The van der Waals surface area contributed by atoms with Crippen molar-refractivity contribution in [2.24, 2.45) is 0 Å². The molecule has 0 aliphatic heterocycles. The molecule has 0 saturated heterocycles. The highest BCUT2D eigenvalue weighted by Gasteiger charge is 2.14. The van der Waals surface area contributed by atoms with Crippen LogP contribution in [0.25, 0.3) is 21.9 Å². The molecule has 0 aliphatic rings. The van der Waals surface area contributed by atoms with E-state index in [0.717, 1.165) is 21.0 Å². The van der Waals surface area contributed by atoms with Crippen molar-refractivity contribution in [3.63, 3.8) is 0 Å². The lowest BCUT2D eigenvalue weighted by atomic mass is 10.1. The first kappa shape index (κ1) is 16.5. The normalized spacial score (nSPS) is 11.3. The second-order valence-corrected chi connectivity index (χ2v) is 8.43. The van der Waals surface area contributed by atoms with Crippen LogP contribution in [0.15, 0.2) is 121 Å². The zero-order valence-corrected chi connectivity index (χ0v) is 16.1. The molecule has 0 bridgehead atoms. The molecule has 0 unspecified atom stereocenters. The van der Waals surface area contributed by atoms with Crippen LogP contribution in [0.2, 0.25) is 0 Å². The highest BCUT2D eigenvalue weighted by Crippen LogP contribution is 2.42. The van der Waals surface area contributed by atoms with Gasteiger partial charge in [0.15, 0.2) is 0 Å². The van der Waals surface area contributed by atoms with Crippen molar-refractivity contribution in [3.8, 4) is 0 Å². The predicted molar refractivity (Wildman–Crippen MR) is 115 cm³/mol. The van der Waals surface area contributed by atoms with Gasteiger partial charge in [0.1, 0.15) is 11.2 Å². The van der Waals surface area contributed by atoms with Crippen LogP contribution in [0.3, 0.4) is 0 Å². The average molecular weight is 385 g/mol. The molecule has 130 valence electrons. The number of para-hydroxylation sites is 2. The molecule has 3 heteroatoms. The zero-order valence-electron chi connectivity index (χ0n) is 14.5. The number of rotatable bonds is 4. The summed E-state index contributed by atoms with van der Waals surface area (Å²) in [6.07, 6.45) is 0. The standard InChI is InChI=1S/C24H16OS2/c1-3-9-17(10-4-1)26-21-15-7-13-19-20-14-8-16-22(24(20)25-23(19)21)27-18-11-5-2-6-12-18/h1-16H. The molecule has 0 aliphatic carbocycles. The molecule has 0 spiro atoms. The highest BCUT2D eigenvalue weighted by atomic mass is 32.2. The summed E-state index contributed by atoms with van der Waals surface area (Å²) in [4.78, 5) is 4.71. The van der Waals surface area contributed by atoms with Crippen LogP contribution in [0.1, 0.15) is 0 Å². The Morgan fingerprint density at radius 2 is 0.889 bits per heavy atom. The SMILES string of the molecule is c1ccc(Sc2cccc3c2oc2c(Sc4ccccc4)cccc23)cc1. The van der Waals surface area contributed by atoms with Gasteiger partial charge < -0.3 is 4.42 Å². The maximum atomic E-state index is 6.42. The Kier molecular flexibility index (Phi) is 4.40. The van der Waals surface area contributed by atoms with Crippen LogP contribution < -0.4 is 0 Å². The zero-order chi connectivity index (χ0) is 18.1. The molecule has 0 radical (unpaired) electrons. The van der Waals surface area contributed by atoms with Crippen LogP contribution >= 0.6 is 23.5 Å². The van der Waals surface area contributed by atoms with E-state index in [9.17, 15) is 0 Å². The number of benzene rings is 4. The predicted octanol–water partition coefficient (Wildman–Crippen LogP) is 7.89. The molecule has 1 aromatic heterocycles. The maximum Gasteiger partial charge on any atom is 0.149 e. The van der Waals surface area contributed by atoms with Crippen LogP contribution in [-0.4, -0.2) is 0 Å². The van der Waals surface area contributed by atoms with E-state index in [4.69, 9.17) is 4.42 Å². The van der Waals surface area contributed by atoms with Gasteiger partial charge in [-0.05, 0) is 36.4 Å². The van der Waals surface area contributed by atoms with Crippen molar-refractivity contribution in [1.82, 2.24) is 0 Å². The first-order valence-corrected chi connectivity index (χ1v) is 10.4. The second-order valence-electron chi connectivity index (χ2n) is 6.20. The lowest BCUT2D eigenvalue weighted by molar-refractivity contribution is 0.652. The van der Waals surface area contributed by atoms with Crippen molar-refractivity contribution in [2.75, 3.05) is 0 Å². The summed E-state index contributed by atoms with van der Waals surface area (Å²) >= 11 is 3.48. The lowest BCUT2D eigenvalue weighted by Gasteiger charge is -2.02. The van der Waals surface area contributed by atoms with Gasteiger partial charge in [-0.1, -0.05) is 84.2 Å². The van der Waals surface area contributed by atoms with Crippen molar-refractivity contribution >= 4 is 45.5 Å². The number of furan rings is 1. The van der Waals surface area contributed by atoms with Crippen molar-refractivity contribution in [1.29, 1.82) is 0 Å². The van der Waals surface area contributed by atoms with Crippen LogP contribution in [0, 0.1) is 0 Å². The van der Waals surface area contributed by atoms with Gasteiger partial charge in [-0.25, -0.2) is 0 Å². The second kappa shape index (κ2) is 7.18. The monoisotopic (exact) mass is 384 g/mol. The minimum atomic E-state index is 0.961. The quantitative estimate of drug-likeness (QED) is 0.313. The van der Waals surface area contributed by atoms with E-state index in [2.05, 4.69) is 84.9 Å². The molecular weight excluding hydrogens is 368 g/mol. The molecule has 0 fully saturated rings. The van der Waals surface area contributed by atoms with Gasteiger partial charge in [-0.2, -0.15) is 0 Å². The first-order chi connectivity index (χ1) is 13.4. The number of hydrogen-bond donors (Lipinski definition) is 0. The molecule has 5 aromatic rings. The Balaban J connectivity index is 1.63. The van der Waals surface area contributed by atoms with Gasteiger partial charge in [-0.15, -0.1) is 0 Å². The fourth-order valence-electron chi connectivity index (χ4n) is 3.16. The van der Waals surface area contributed by atoms with E-state index in [1.54, 1.807) is 23.5 Å². The van der Waals surface area contributed by atoms with E-state index >= 15 is 0 Å². The van der Waals surface area contributed by atoms with Crippen molar-refractivity contribution < 1.29 is 4.42 Å². The third kappa shape index (κ3) is 3.25. The minimum Gasteiger partial charge on any atom is -0.454 e. The third-order valence-corrected chi connectivity index (χ3v) is 6.49. The molecule has 1 heterocycles. The Hall–Kier alpha value is -2.62. The summed E-state index contributed by atoms with van der Waals surface area (Å²) in [7, 11) is 0. The molecule has 0 N–H and O–H groups in total. The molecule has 0 saturated carbocycles. The van der Waals surface area contributed by atoms with Crippen LogP contribution in [-0.2, 0) is 0 Å². The Labute approximate surface area is 166 Å². The van der Waals surface area contributed by atoms with Gasteiger partial charge >= 0.3 is 0 Å². The van der Waals surface area contributed by atoms with Crippen LogP contribution in [0.5, 0.6) is 0 Å². The van der Waals surface area contributed by atoms with Crippen molar-refractivity contribution in [3.05, 3.63) is 97.1 Å². The van der Waals surface area contributed by atoms with Gasteiger partial charge in [0.2, 0.25) is 0 Å². The summed E-state index contributed by atoms with van der Waals surface area (Å²) in [5.74, 6) is 0. The summed E-state index contributed by atoms with van der Waals surface area (Å²) in [5.41, 5.74) is 1.92. The summed E-state index contributed by atoms with van der Waals surface area (Å²) < 4.78 is 6.42. The number of fused-ring (bicyclic) bond motifs is 3. The largest absolute Gasteiger partial charge is 0.454 e.